The lowest BCUT2D eigenvalue weighted by Crippen LogP contribution is -2.33. The molecule has 0 amide bonds. The van der Waals surface area contributed by atoms with Gasteiger partial charge in [-0.25, -0.2) is 4.39 Å². The summed E-state index contributed by atoms with van der Waals surface area (Å²) in [5.41, 5.74) is 1.84. The summed E-state index contributed by atoms with van der Waals surface area (Å²) in [6, 6.07) is 8.59. The Bertz CT molecular complexity index is 645. The second-order valence-corrected chi connectivity index (χ2v) is 5.25. The van der Waals surface area contributed by atoms with Crippen LogP contribution in [-0.4, -0.2) is 10.9 Å². The van der Waals surface area contributed by atoms with E-state index in [2.05, 4.69) is 20.0 Å². The number of nitrogens with zero attached hydrogens (tertiary/aromatic N) is 2. The minimum atomic E-state index is -0.264. The maximum Gasteiger partial charge on any atom is 0.208 e. The zero-order valence-electron chi connectivity index (χ0n) is 10.8. The first-order valence-corrected chi connectivity index (χ1v) is 6.98. The molecule has 2 aromatic rings. The number of hydrogen-bond donors (Lipinski definition) is 2. The number of halogens is 1. The van der Waals surface area contributed by atoms with Crippen molar-refractivity contribution in [2.75, 3.05) is 5.32 Å². The fourth-order valence-corrected chi connectivity index (χ4v) is 2.55. The Hall–Kier alpha value is -2.08. The first kappa shape index (κ1) is 12.9. The third-order valence-electron chi connectivity index (χ3n) is 2.99. The van der Waals surface area contributed by atoms with Gasteiger partial charge in [0.1, 0.15) is 5.82 Å². The summed E-state index contributed by atoms with van der Waals surface area (Å²) in [6.07, 6.45) is 3.51. The van der Waals surface area contributed by atoms with Crippen LogP contribution in [0.25, 0.3) is 0 Å². The highest BCUT2D eigenvalue weighted by molar-refractivity contribution is 7.98. The molecule has 0 fully saturated rings. The lowest BCUT2D eigenvalue weighted by atomic mass is 10.1. The van der Waals surface area contributed by atoms with Crippen molar-refractivity contribution in [2.24, 2.45) is 4.40 Å². The molecule has 20 heavy (non-hydrogen) atoms. The van der Waals surface area contributed by atoms with Crippen molar-refractivity contribution in [2.45, 2.75) is 17.9 Å². The van der Waals surface area contributed by atoms with E-state index >= 15 is 0 Å². The molecule has 0 spiro atoms. The minimum absolute atomic E-state index is 0.0833. The average Bonchev–Trinajstić information content (AvgIpc) is 2.47. The Kier molecular flexibility index (Phi) is 3.56. The van der Waals surface area contributed by atoms with Gasteiger partial charge < -0.3 is 10.6 Å². The fourth-order valence-electron chi connectivity index (χ4n) is 1.93. The first-order chi connectivity index (χ1) is 9.72. The fraction of sp³-hybridized carbons (Fsp3) is 0.143. The monoisotopic (exact) mass is 288 g/mol. The molecule has 1 atom stereocenters. The summed E-state index contributed by atoms with van der Waals surface area (Å²) in [5.74, 6) is 0.359. The van der Waals surface area contributed by atoms with Crippen LogP contribution in [-0.2, 0) is 0 Å². The van der Waals surface area contributed by atoms with Crippen molar-refractivity contribution in [1.29, 1.82) is 0 Å². The van der Waals surface area contributed by atoms with Crippen molar-refractivity contribution in [3.63, 3.8) is 0 Å². The summed E-state index contributed by atoms with van der Waals surface area (Å²) in [5, 5.41) is 6.36. The lowest BCUT2D eigenvalue weighted by Gasteiger charge is -2.22. The van der Waals surface area contributed by atoms with Gasteiger partial charge in [-0.05, 0) is 42.8 Å². The molecule has 0 radical (unpaired) electrons. The van der Waals surface area contributed by atoms with Gasteiger partial charge >= 0.3 is 0 Å². The molecule has 102 valence electrons. The molecular weight excluding hydrogens is 275 g/mol. The quantitative estimate of drug-likeness (QED) is 0.832. The van der Waals surface area contributed by atoms with E-state index in [0.29, 0.717) is 5.96 Å². The number of guanidine groups is 1. The molecule has 0 saturated carbocycles. The molecule has 1 unspecified atom stereocenters. The molecule has 0 aliphatic carbocycles. The van der Waals surface area contributed by atoms with Gasteiger partial charge in [0.25, 0.3) is 0 Å². The van der Waals surface area contributed by atoms with E-state index in [-0.39, 0.29) is 11.9 Å². The summed E-state index contributed by atoms with van der Waals surface area (Å²) >= 11 is 1.33. The summed E-state index contributed by atoms with van der Waals surface area (Å²) < 4.78 is 17.6. The standard InChI is InChI=1S/C14H13FN4S/c1-9(10-4-6-16-7-5-10)17-14-18-12-8-11(15)2-3-13(12)20-19-14/h2-9H,1H3,(H2,17,18,19). The highest BCUT2D eigenvalue weighted by atomic mass is 32.2. The van der Waals surface area contributed by atoms with Crippen LogP contribution in [0.5, 0.6) is 0 Å². The number of rotatable bonds is 2. The molecule has 1 aromatic carbocycles. The van der Waals surface area contributed by atoms with Gasteiger partial charge in [0.05, 0.1) is 16.6 Å². The van der Waals surface area contributed by atoms with Gasteiger partial charge in [-0.15, -0.1) is 0 Å². The second kappa shape index (κ2) is 5.50. The van der Waals surface area contributed by atoms with Crippen LogP contribution in [0.1, 0.15) is 18.5 Å². The number of nitrogens with one attached hydrogen (secondary N) is 2. The molecule has 1 aliphatic heterocycles. The summed E-state index contributed by atoms with van der Waals surface area (Å²) in [7, 11) is 0. The first-order valence-electron chi connectivity index (χ1n) is 6.20. The van der Waals surface area contributed by atoms with Gasteiger partial charge in [0, 0.05) is 24.3 Å². The van der Waals surface area contributed by atoms with Crippen LogP contribution in [0.15, 0.2) is 52.0 Å². The van der Waals surface area contributed by atoms with Crippen LogP contribution < -0.4 is 10.6 Å². The van der Waals surface area contributed by atoms with Crippen LogP contribution in [0.3, 0.4) is 0 Å². The van der Waals surface area contributed by atoms with Crippen molar-refractivity contribution in [1.82, 2.24) is 10.3 Å². The highest BCUT2D eigenvalue weighted by Crippen LogP contribution is 2.32. The molecular formula is C14H13FN4S. The Morgan fingerprint density at radius 3 is 2.85 bits per heavy atom. The molecule has 4 nitrogen and oxygen atoms in total. The maximum absolute atomic E-state index is 13.2. The number of pyridine rings is 1. The van der Waals surface area contributed by atoms with E-state index in [4.69, 9.17) is 0 Å². The summed E-state index contributed by atoms with van der Waals surface area (Å²) in [4.78, 5) is 4.91. The molecule has 3 rings (SSSR count). The number of hydrogen-bond acceptors (Lipinski definition) is 5. The smallest absolute Gasteiger partial charge is 0.208 e. The van der Waals surface area contributed by atoms with Crippen LogP contribution in [0, 0.1) is 5.82 Å². The van der Waals surface area contributed by atoms with Gasteiger partial charge in [0.2, 0.25) is 5.96 Å². The van der Waals surface area contributed by atoms with E-state index in [1.54, 1.807) is 18.5 Å². The Morgan fingerprint density at radius 1 is 1.25 bits per heavy atom. The molecule has 0 bridgehead atoms. The van der Waals surface area contributed by atoms with Crippen LogP contribution >= 0.6 is 11.9 Å². The molecule has 2 N–H and O–H groups in total. The predicted molar refractivity (Wildman–Crippen MR) is 79.1 cm³/mol. The van der Waals surface area contributed by atoms with E-state index < -0.39 is 0 Å². The molecule has 1 aliphatic rings. The Morgan fingerprint density at radius 2 is 2.05 bits per heavy atom. The Labute approximate surface area is 120 Å². The second-order valence-electron chi connectivity index (χ2n) is 4.44. The molecule has 2 heterocycles. The van der Waals surface area contributed by atoms with Crippen LogP contribution in [0.2, 0.25) is 0 Å². The van der Waals surface area contributed by atoms with E-state index in [1.165, 1.54) is 24.1 Å². The van der Waals surface area contributed by atoms with Crippen molar-refractivity contribution in [3.05, 3.63) is 54.1 Å². The Balaban J connectivity index is 1.72. The zero-order valence-corrected chi connectivity index (χ0v) is 11.6. The van der Waals surface area contributed by atoms with Gasteiger partial charge in [-0.3, -0.25) is 4.98 Å². The van der Waals surface area contributed by atoms with E-state index in [0.717, 1.165) is 16.1 Å². The topological polar surface area (TPSA) is 49.3 Å². The van der Waals surface area contributed by atoms with E-state index in [1.807, 2.05) is 19.1 Å². The number of benzene rings is 1. The van der Waals surface area contributed by atoms with Gasteiger partial charge in [-0.1, -0.05) is 0 Å². The zero-order chi connectivity index (χ0) is 13.9. The highest BCUT2D eigenvalue weighted by Gasteiger charge is 2.15. The van der Waals surface area contributed by atoms with Crippen molar-refractivity contribution < 1.29 is 4.39 Å². The minimum Gasteiger partial charge on any atom is -0.349 e. The lowest BCUT2D eigenvalue weighted by molar-refractivity contribution is 0.627. The third-order valence-corrected chi connectivity index (χ3v) is 3.82. The number of aromatic nitrogens is 1. The van der Waals surface area contributed by atoms with Gasteiger partial charge in [-0.2, -0.15) is 4.40 Å². The largest absolute Gasteiger partial charge is 0.349 e. The van der Waals surface area contributed by atoms with E-state index in [9.17, 15) is 4.39 Å². The predicted octanol–water partition coefficient (Wildman–Crippen LogP) is 3.36. The van der Waals surface area contributed by atoms with Gasteiger partial charge in [0.15, 0.2) is 0 Å². The number of fused-ring (bicyclic) bond motifs is 1. The van der Waals surface area contributed by atoms with Crippen molar-refractivity contribution in [3.8, 4) is 0 Å². The number of anilines is 1. The van der Waals surface area contributed by atoms with Crippen molar-refractivity contribution >= 4 is 23.6 Å². The summed E-state index contributed by atoms with van der Waals surface area (Å²) in [6.45, 7) is 2.03. The van der Waals surface area contributed by atoms with Crippen LogP contribution in [0.4, 0.5) is 10.1 Å². The molecule has 6 heteroatoms. The molecule has 0 saturated heterocycles. The third kappa shape index (κ3) is 2.75. The normalized spacial score (nSPS) is 14.8. The maximum atomic E-state index is 13.2. The SMILES string of the molecule is CC(NC1=NSc2ccc(F)cc2N1)c1ccncc1. The molecule has 1 aromatic heterocycles. The average molecular weight is 288 g/mol.